The molecule has 5 nitrogen and oxygen atoms in total. The lowest BCUT2D eigenvalue weighted by molar-refractivity contribution is 0.374. The van der Waals surface area contributed by atoms with Crippen LogP contribution in [0.25, 0.3) is 11.3 Å². The summed E-state index contributed by atoms with van der Waals surface area (Å²) >= 11 is 0. The van der Waals surface area contributed by atoms with Crippen molar-refractivity contribution in [3.63, 3.8) is 0 Å². The second-order valence-electron chi connectivity index (χ2n) is 3.31. The number of methoxy groups -OCH3 is 2. The highest BCUT2D eigenvalue weighted by Gasteiger charge is 2.16. The van der Waals surface area contributed by atoms with Crippen molar-refractivity contribution in [2.75, 3.05) is 20.0 Å². The van der Waals surface area contributed by atoms with Crippen LogP contribution in [-0.4, -0.2) is 19.4 Å². The molecular weight excluding hydrogens is 227 g/mol. The Balaban J connectivity index is 2.59. The van der Waals surface area contributed by atoms with Crippen LogP contribution in [0.2, 0.25) is 0 Å². The van der Waals surface area contributed by atoms with Gasteiger partial charge in [0.25, 0.3) is 0 Å². The second kappa shape index (κ2) is 4.32. The summed E-state index contributed by atoms with van der Waals surface area (Å²) in [6.45, 7) is 0. The molecule has 1 aromatic carbocycles. The van der Waals surface area contributed by atoms with Crippen molar-refractivity contribution in [2.45, 2.75) is 0 Å². The molecule has 0 amide bonds. The lowest BCUT2D eigenvalue weighted by Crippen LogP contribution is -1.94. The number of aromatic nitrogens is 1. The Kier molecular flexibility index (Phi) is 2.86. The van der Waals surface area contributed by atoms with E-state index in [9.17, 15) is 4.39 Å². The minimum atomic E-state index is -0.540. The number of halogens is 1. The Hall–Kier alpha value is -2.24. The van der Waals surface area contributed by atoms with Gasteiger partial charge in [0.1, 0.15) is 11.4 Å². The number of anilines is 1. The molecule has 0 fully saturated rings. The van der Waals surface area contributed by atoms with Gasteiger partial charge in [-0.1, -0.05) is 5.16 Å². The molecule has 0 saturated heterocycles. The van der Waals surface area contributed by atoms with Gasteiger partial charge in [0.05, 0.1) is 14.2 Å². The summed E-state index contributed by atoms with van der Waals surface area (Å²) in [4.78, 5) is 0. The number of hydrogen-bond acceptors (Lipinski definition) is 5. The molecule has 6 heteroatoms. The summed E-state index contributed by atoms with van der Waals surface area (Å²) in [7, 11) is 2.85. The Bertz CT molecular complexity index is 540. The Morgan fingerprint density at radius 3 is 2.53 bits per heavy atom. The topological polar surface area (TPSA) is 70.5 Å². The average molecular weight is 238 g/mol. The van der Waals surface area contributed by atoms with Crippen molar-refractivity contribution in [3.05, 3.63) is 24.0 Å². The van der Waals surface area contributed by atoms with Gasteiger partial charge >= 0.3 is 0 Å². The normalized spacial score (nSPS) is 10.3. The number of ether oxygens (including phenoxy) is 2. The summed E-state index contributed by atoms with van der Waals surface area (Å²) in [5.74, 6) is 0.100. The van der Waals surface area contributed by atoms with Crippen molar-refractivity contribution in [3.8, 4) is 22.8 Å². The van der Waals surface area contributed by atoms with Gasteiger partial charge in [-0.25, -0.2) is 4.39 Å². The zero-order valence-corrected chi connectivity index (χ0v) is 9.36. The van der Waals surface area contributed by atoms with Gasteiger partial charge in [0.15, 0.2) is 11.6 Å². The fourth-order valence-corrected chi connectivity index (χ4v) is 1.44. The molecule has 2 N–H and O–H groups in total. The van der Waals surface area contributed by atoms with E-state index in [4.69, 9.17) is 19.7 Å². The van der Waals surface area contributed by atoms with E-state index < -0.39 is 5.82 Å². The second-order valence-corrected chi connectivity index (χ2v) is 3.31. The van der Waals surface area contributed by atoms with Crippen molar-refractivity contribution in [2.24, 2.45) is 0 Å². The van der Waals surface area contributed by atoms with Crippen LogP contribution in [0.1, 0.15) is 0 Å². The number of nitrogens with zero attached hydrogens (tertiary/aromatic N) is 1. The monoisotopic (exact) mass is 238 g/mol. The maximum atomic E-state index is 14.0. The van der Waals surface area contributed by atoms with E-state index in [2.05, 4.69) is 5.16 Å². The molecule has 0 spiro atoms. The van der Waals surface area contributed by atoms with E-state index in [1.54, 1.807) is 0 Å². The highest BCUT2D eigenvalue weighted by Crippen LogP contribution is 2.33. The van der Waals surface area contributed by atoms with Crippen LogP contribution in [0.3, 0.4) is 0 Å². The third-order valence-electron chi connectivity index (χ3n) is 2.27. The number of hydrogen-bond donors (Lipinski definition) is 1. The third kappa shape index (κ3) is 2.01. The molecule has 1 aromatic heterocycles. The molecule has 0 bridgehead atoms. The number of benzene rings is 1. The minimum Gasteiger partial charge on any atom is -0.497 e. The van der Waals surface area contributed by atoms with Gasteiger partial charge in [0, 0.05) is 17.7 Å². The van der Waals surface area contributed by atoms with E-state index in [-0.39, 0.29) is 22.9 Å². The number of nitrogen functional groups attached to an aromatic ring is 1. The molecular formula is C11H11FN2O3. The van der Waals surface area contributed by atoms with Crippen LogP contribution in [0.5, 0.6) is 11.5 Å². The first-order valence-electron chi connectivity index (χ1n) is 4.79. The highest BCUT2D eigenvalue weighted by molar-refractivity contribution is 5.66. The number of rotatable bonds is 3. The van der Waals surface area contributed by atoms with Crippen LogP contribution < -0.4 is 15.2 Å². The van der Waals surface area contributed by atoms with Gasteiger partial charge in [-0.15, -0.1) is 0 Å². The first-order chi connectivity index (χ1) is 8.15. The molecule has 0 unspecified atom stereocenters. The largest absolute Gasteiger partial charge is 0.497 e. The summed E-state index contributed by atoms with van der Waals surface area (Å²) in [6.07, 6.45) is 0. The van der Waals surface area contributed by atoms with Crippen molar-refractivity contribution in [1.29, 1.82) is 0 Å². The van der Waals surface area contributed by atoms with E-state index in [1.807, 2.05) is 0 Å². The van der Waals surface area contributed by atoms with E-state index in [1.165, 1.54) is 32.4 Å². The van der Waals surface area contributed by atoms with E-state index >= 15 is 0 Å². The molecule has 0 aliphatic heterocycles. The summed E-state index contributed by atoms with van der Waals surface area (Å²) < 4.78 is 28.6. The molecule has 0 atom stereocenters. The van der Waals surface area contributed by atoms with Gasteiger partial charge in [-0.2, -0.15) is 0 Å². The maximum absolute atomic E-state index is 14.0. The van der Waals surface area contributed by atoms with Crippen molar-refractivity contribution in [1.82, 2.24) is 5.16 Å². The van der Waals surface area contributed by atoms with Gasteiger partial charge in [-0.3, -0.25) is 0 Å². The average Bonchev–Trinajstić information content (AvgIpc) is 2.76. The maximum Gasteiger partial charge on any atom is 0.222 e. The van der Waals surface area contributed by atoms with Crippen LogP contribution >= 0.6 is 0 Å². The lowest BCUT2D eigenvalue weighted by Gasteiger charge is -2.08. The Morgan fingerprint density at radius 2 is 2.00 bits per heavy atom. The smallest absolute Gasteiger partial charge is 0.222 e. The van der Waals surface area contributed by atoms with Crippen molar-refractivity contribution < 1.29 is 18.4 Å². The van der Waals surface area contributed by atoms with Crippen LogP contribution in [0, 0.1) is 5.82 Å². The predicted molar refractivity (Wildman–Crippen MR) is 59.4 cm³/mol. The summed E-state index contributed by atoms with van der Waals surface area (Å²) in [6, 6.07) is 4.37. The number of nitrogens with two attached hydrogens (primary N) is 1. The summed E-state index contributed by atoms with van der Waals surface area (Å²) in [5.41, 5.74) is 5.89. The van der Waals surface area contributed by atoms with Crippen molar-refractivity contribution >= 4 is 5.88 Å². The molecule has 0 aliphatic carbocycles. The minimum absolute atomic E-state index is 0.0703. The molecule has 2 aromatic rings. The quantitative estimate of drug-likeness (QED) is 0.886. The molecule has 0 radical (unpaired) electrons. The summed E-state index contributed by atoms with van der Waals surface area (Å²) in [5, 5.41) is 3.65. The van der Waals surface area contributed by atoms with E-state index in [0.717, 1.165) is 0 Å². The lowest BCUT2D eigenvalue weighted by atomic mass is 10.1. The molecule has 0 saturated carbocycles. The molecule has 17 heavy (non-hydrogen) atoms. The molecule has 0 aliphatic rings. The fourth-order valence-electron chi connectivity index (χ4n) is 1.44. The molecule has 1 heterocycles. The van der Waals surface area contributed by atoms with Crippen LogP contribution in [0.15, 0.2) is 22.7 Å². The zero-order chi connectivity index (χ0) is 12.4. The molecule has 90 valence electrons. The zero-order valence-electron chi connectivity index (χ0n) is 9.36. The Labute approximate surface area is 96.9 Å². The van der Waals surface area contributed by atoms with E-state index in [0.29, 0.717) is 5.75 Å². The van der Waals surface area contributed by atoms with Gasteiger partial charge < -0.3 is 19.7 Å². The highest BCUT2D eigenvalue weighted by atomic mass is 19.1. The first kappa shape index (κ1) is 11.3. The van der Waals surface area contributed by atoms with Crippen LogP contribution in [-0.2, 0) is 0 Å². The van der Waals surface area contributed by atoms with Gasteiger partial charge in [0.2, 0.25) is 5.88 Å². The SMILES string of the molecule is COc1cc(OC)c(F)c(-c2cc(N)on2)c1. The molecule has 2 rings (SSSR count). The fraction of sp³-hybridized carbons (Fsp3) is 0.182. The Morgan fingerprint density at radius 1 is 1.24 bits per heavy atom. The van der Waals surface area contributed by atoms with Gasteiger partial charge in [-0.05, 0) is 6.07 Å². The standard InChI is InChI=1S/C11H11FN2O3/c1-15-6-3-7(8-5-10(13)17-14-8)11(12)9(4-6)16-2/h3-5H,13H2,1-2H3. The first-order valence-corrected chi connectivity index (χ1v) is 4.79. The predicted octanol–water partition coefficient (Wildman–Crippen LogP) is 2.08. The third-order valence-corrected chi connectivity index (χ3v) is 2.27. The van der Waals surface area contributed by atoms with Crippen LogP contribution in [0.4, 0.5) is 10.3 Å².